The highest BCUT2D eigenvalue weighted by molar-refractivity contribution is 8.01. The summed E-state index contributed by atoms with van der Waals surface area (Å²) in [6.07, 6.45) is 5.09. The summed E-state index contributed by atoms with van der Waals surface area (Å²) in [7, 11) is 0. The topological polar surface area (TPSA) is 73.9 Å². The second kappa shape index (κ2) is 6.95. The van der Waals surface area contributed by atoms with Gasteiger partial charge in [0.15, 0.2) is 0 Å². The summed E-state index contributed by atoms with van der Waals surface area (Å²) in [6.45, 7) is 1.54. The molecule has 0 bridgehead atoms. The fraction of sp³-hybridized carbons (Fsp3) is 0.462. The number of carbonyl (C=O) groups is 1. The number of amides is 1. The van der Waals surface area contributed by atoms with Crippen LogP contribution in [0, 0.1) is 0 Å². The molecule has 1 saturated heterocycles. The first-order valence-corrected chi connectivity index (χ1v) is 8.74. The van der Waals surface area contributed by atoms with E-state index in [-0.39, 0.29) is 11.9 Å². The van der Waals surface area contributed by atoms with Crippen LogP contribution in [0.25, 0.3) is 0 Å². The monoisotopic (exact) mass is 323 g/mol. The summed E-state index contributed by atoms with van der Waals surface area (Å²) in [5.74, 6) is 2.04. The number of nitrogens with zero attached hydrogens (tertiary/aromatic N) is 3. The van der Waals surface area contributed by atoms with Gasteiger partial charge in [0.1, 0.15) is 10.2 Å². The molecule has 0 aliphatic carbocycles. The summed E-state index contributed by atoms with van der Waals surface area (Å²) in [5.41, 5.74) is 0. The lowest BCUT2D eigenvalue weighted by Crippen LogP contribution is -2.39. The maximum atomic E-state index is 12.0. The lowest BCUT2D eigenvalue weighted by Gasteiger charge is -2.24. The van der Waals surface area contributed by atoms with Crippen molar-refractivity contribution < 1.29 is 4.79 Å². The van der Waals surface area contributed by atoms with Gasteiger partial charge in [-0.1, -0.05) is 11.8 Å². The molecule has 2 aromatic heterocycles. The number of thioether (sulfide) groups is 1. The number of carbonyl (C=O) groups excluding carboxylic acids is 1. The Bertz CT molecular complexity index is 557. The van der Waals surface area contributed by atoms with Gasteiger partial charge in [-0.25, -0.2) is 4.98 Å². The number of hydrogen-bond acceptors (Lipinski definition) is 6. The fourth-order valence-corrected chi connectivity index (χ4v) is 4.05. The zero-order valence-electron chi connectivity index (χ0n) is 11.5. The molecular formula is C13H17N5OS2. The molecule has 8 heteroatoms. The van der Waals surface area contributed by atoms with Gasteiger partial charge in [0, 0.05) is 42.9 Å². The van der Waals surface area contributed by atoms with Crippen LogP contribution in [0.5, 0.6) is 0 Å². The van der Waals surface area contributed by atoms with Crippen molar-refractivity contribution in [2.45, 2.75) is 23.2 Å². The van der Waals surface area contributed by atoms with Crippen LogP contribution in [0.15, 0.2) is 28.2 Å². The zero-order valence-corrected chi connectivity index (χ0v) is 13.1. The first kappa shape index (κ1) is 14.4. The number of anilines is 1. The van der Waals surface area contributed by atoms with Crippen molar-refractivity contribution in [2.24, 2.45) is 0 Å². The third-order valence-corrected chi connectivity index (χ3v) is 5.39. The standard InChI is InChI=1S/C13H17N5OS2/c19-12-2-1-10(9-15-11-3-4-16-17-11)18(12)6-8-21-13-14-5-7-20-13/h3-5,7,10H,1-2,6,8-9H2,(H2,15,16,17)/t10-/m1/s1. The van der Waals surface area contributed by atoms with Crippen molar-refractivity contribution >= 4 is 34.8 Å². The highest BCUT2D eigenvalue weighted by Gasteiger charge is 2.30. The average Bonchev–Trinajstić information content (AvgIpc) is 3.21. The quantitative estimate of drug-likeness (QED) is 0.763. The van der Waals surface area contributed by atoms with E-state index in [2.05, 4.69) is 20.5 Å². The van der Waals surface area contributed by atoms with E-state index in [0.29, 0.717) is 6.42 Å². The molecule has 21 heavy (non-hydrogen) atoms. The van der Waals surface area contributed by atoms with E-state index in [9.17, 15) is 4.79 Å². The van der Waals surface area contributed by atoms with Crippen LogP contribution in [0.1, 0.15) is 12.8 Å². The van der Waals surface area contributed by atoms with Crippen molar-refractivity contribution in [3.63, 3.8) is 0 Å². The molecule has 0 unspecified atom stereocenters. The minimum Gasteiger partial charge on any atom is -0.368 e. The molecular weight excluding hydrogens is 306 g/mol. The van der Waals surface area contributed by atoms with Gasteiger partial charge in [-0.15, -0.1) is 11.3 Å². The van der Waals surface area contributed by atoms with Crippen molar-refractivity contribution in [2.75, 3.05) is 24.2 Å². The van der Waals surface area contributed by atoms with Crippen molar-refractivity contribution in [1.29, 1.82) is 0 Å². The number of thiazole rings is 1. The predicted octanol–water partition coefficient (Wildman–Crippen LogP) is 2.06. The molecule has 0 aromatic carbocycles. The third kappa shape index (κ3) is 3.76. The first-order chi connectivity index (χ1) is 10.3. The summed E-state index contributed by atoms with van der Waals surface area (Å²) < 4.78 is 1.06. The highest BCUT2D eigenvalue weighted by atomic mass is 32.2. The Labute approximate surface area is 131 Å². The molecule has 0 spiro atoms. The number of nitrogens with one attached hydrogen (secondary N) is 2. The van der Waals surface area contributed by atoms with Crippen LogP contribution in [-0.4, -0.2) is 50.9 Å². The van der Waals surface area contributed by atoms with Gasteiger partial charge < -0.3 is 10.2 Å². The van der Waals surface area contributed by atoms with Crippen molar-refractivity contribution in [1.82, 2.24) is 20.1 Å². The summed E-state index contributed by atoms with van der Waals surface area (Å²) in [6, 6.07) is 2.15. The third-order valence-electron chi connectivity index (χ3n) is 3.45. The Balaban J connectivity index is 1.48. The van der Waals surface area contributed by atoms with Crippen LogP contribution in [-0.2, 0) is 4.79 Å². The molecule has 0 radical (unpaired) electrons. The minimum absolute atomic E-state index is 0.256. The van der Waals surface area contributed by atoms with Crippen molar-refractivity contribution in [3.8, 4) is 0 Å². The van der Waals surface area contributed by atoms with Crippen LogP contribution >= 0.6 is 23.1 Å². The van der Waals surface area contributed by atoms with Gasteiger partial charge in [-0.2, -0.15) is 5.10 Å². The van der Waals surface area contributed by atoms with Gasteiger partial charge >= 0.3 is 0 Å². The van der Waals surface area contributed by atoms with E-state index >= 15 is 0 Å². The molecule has 1 atom stereocenters. The predicted molar refractivity (Wildman–Crippen MR) is 84.7 cm³/mol. The number of hydrogen-bond donors (Lipinski definition) is 2. The molecule has 1 amide bonds. The molecule has 1 aliphatic heterocycles. The number of likely N-dealkylation sites (tertiary alicyclic amines) is 1. The maximum absolute atomic E-state index is 12.0. The molecule has 0 saturated carbocycles. The van der Waals surface area contributed by atoms with Gasteiger partial charge in [0.25, 0.3) is 0 Å². The van der Waals surface area contributed by atoms with Crippen LogP contribution in [0.2, 0.25) is 0 Å². The normalized spacial score (nSPS) is 18.4. The molecule has 2 N–H and O–H groups in total. The lowest BCUT2D eigenvalue weighted by atomic mass is 10.2. The number of H-pyrrole nitrogens is 1. The molecule has 6 nitrogen and oxygen atoms in total. The second-order valence-corrected chi connectivity index (χ2v) is 7.01. The molecule has 3 heterocycles. The average molecular weight is 323 g/mol. The minimum atomic E-state index is 0.256. The number of rotatable bonds is 7. The van der Waals surface area contributed by atoms with E-state index in [1.807, 2.05) is 22.5 Å². The Kier molecular flexibility index (Phi) is 4.76. The number of aromatic amines is 1. The Morgan fingerprint density at radius 1 is 1.52 bits per heavy atom. The lowest BCUT2D eigenvalue weighted by molar-refractivity contribution is -0.128. The van der Waals surface area contributed by atoms with Crippen LogP contribution < -0.4 is 5.32 Å². The fourth-order valence-electron chi connectivity index (χ4n) is 2.41. The maximum Gasteiger partial charge on any atom is 0.222 e. The summed E-state index contributed by atoms with van der Waals surface area (Å²) >= 11 is 3.35. The SMILES string of the molecule is O=C1CC[C@H](CNc2ccn[nH]2)N1CCSc1nccs1. The molecule has 112 valence electrons. The van der Waals surface area contributed by atoms with Gasteiger partial charge in [0.05, 0.1) is 6.20 Å². The molecule has 1 aliphatic rings. The van der Waals surface area contributed by atoms with Crippen LogP contribution in [0.4, 0.5) is 5.82 Å². The van der Waals surface area contributed by atoms with E-state index in [1.165, 1.54) is 0 Å². The van der Waals surface area contributed by atoms with E-state index in [4.69, 9.17) is 0 Å². The largest absolute Gasteiger partial charge is 0.368 e. The van der Waals surface area contributed by atoms with E-state index in [1.54, 1.807) is 29.3 Å². The van der Waals surface area contributed by atoms with E-state index in [0.717, 1.165) is 35.4 Å². The molecule has 3 rings (SSSR count). The number of aromatic nitrogens is 3. The van der Waals surface area contributed by atoms with Crippen LogP contribution in [0.3, 0.4) is 0 Å². The Hall–Kier alpha value is -1.54. The van der Waals surface area contributed by atoms with E-state index < -0.39 is 0 Å². The summed E-state index contributed by atoms with van der Waals surface area (Å²) in [5, 5.41) is 12.0. The highest BCUT2D eigenvalue weighted by Crippen LogP contribution is 2.23. The first-order valence-electron chi connectivity index (χ1n) is 6.88. The smallest absolute Gasteiger partial charge is 0.222 e. The summed E-state index contributed by atoms with van der Waals surface area (Å²) in [4.78, 5) is 18.2. The van der Waals surface area contributed by atoms with Gasteiger partial charge in [-0.3, -0.25) is 9.89 Å². The van der Waals surface area contributed by atoms with Crippen molar-refractivity contribution in [3.05, 3.63) is 23.8 Å². The van der Waals surface area contributed by atoms with Gasteiger partial charge in [0.2, 0.25) is 5.91 Å². The molecule has 2 aromatic rings. The zero-order chi connectivity index (χ0) is 14.5. The second-order valence-electron chi connectivity index (χ2n) is 4.78. The van der Waals surface area contributed by atoms with Gasteiger partial charge in [-0.05, 0) is 12.5 Å². The Morgan fingerprint density at radius 2 is 2.48 bits per heavy atom. The molecule has 1 fully saturated rings. The Morgan fingerprint density at radius 3 is 3.24 bits per heavy atom.